The van der Waals surface area contributed by atoms with E-state index in [2.05, 4.69) is 0 Å². The zero-order chi connectivity index (χ0) is 14.7. The summed E-state index contributed by atoms with van der Waals surface area (Å²) >= 11 is 0. The summed E-state index contributed by atoms with van der Waals surface area (Å²) in [5.41, 5.74) is 0.831. The summed E-state index contributed by atoms with van der Waals surface area (Å²) in [5.74, 6) is -1.84. The second-order valence-electron chi connectivity index (χ2n) is 4.23. The van der Waals surface area contributed by atoms with E-state index in [0.29, 0.717) is 5.69 Å². The monoisotopic (exact) mass is 273 g/mol. The molecule has 0 saturated heterocycles. The number of carbonyl (C=O) groups is 2. The minimum absolute atomic E-state index is 0.0448. The fourth-order valence-corrected chi connectivity index (χ4v) is 1.76. The maximum atomic E-state index is 12.8. The molecule has 0 aliphatic heterocycles. The number of amides is 1. The molecular formula is C15H12FNO3. The lowest BCUT2D eigenvalue weighted by Crippen LogP contribution is -2.26. The van der Waals surface area contributed by atoms with E-state index in [1.165, 1.54) is 53.4 Å². The minimum Gasteiger partial charge on any atom is -0.478 e. The van der Waals surface area contributed by atoms with E-state index in [1.807, 2.05) is 0 Å². The first-order chi connectivity index (χ1) is 9.49. The normalized spacial score (nSPS) is 10.1. The van der Waals surface area contributed by atoms with Gasteiger partial charge in [-0.3, -0.25) is 4.79 Å². The van der Waals surface area contributed by atoms with Crippen molar-refractivity contribution in [1.82, 2.24) is 0 Å². The van der Waals surface area contributed by atoms with Crippen LogP contribution < -0.4 is 4.90 Å². The molecule has 0 unspecified atom stereocenters. The van der Waals surface area contributed by atoms with Crippen LogP contribution in [0, 0.1) is 5.82 Å². The molecule has 102 valence electrons. The van der Waals surface area contributed by atoms with E-state index in [4.69, 9.17) is 5.11 Å². The fraction of sp³-hybridized carbons (Fsp3) is 0.0667. The maximum absolute atomic E-state index is 12.8. The van der Waals surface area contributed by atoms with Crippen LogP contribution in [-0.4, -0.2) is 24.0 Å². The van der Waals surface area contributed by atoms with Crippen LogP contribution in [-0.2, 0) is 0 Å². The molecule has 0 atom stereocenters. The first-order valence-corrected chi connectivity index (χ1v) is 5.86. The van der Waals surface area contributed by atoms with Crippen molar-refractivity contribution in [1.29, 1.82) is 0 Å². The Hall–Kier alpha value is -2.69. The fourth-order valence-electron chi connectivity index (χ4n) is 1.76. The molecule has 1 N–H and O–H groups in total. The first-order valence-electron chi connectivity index (χ1n) is 5.86. The highest BCUT2D eigenvalue weighted by atomic mass is 19.1. The standard InChI is InChI=1S/C15H12FNO3/c1-17(13-7-5-12(16)6-8-13)14(18)10-3-2-4-11(9-10)15(19)20/h2-9H,1H3,(H,19,20). The number of aromatic carboxylic acids is 1. The zero-order valence-corrected chi connectivity index (χ0v) is 10.7. The molecule has 2 aromatic carbocycles. The smallest absolute Gasteiger partial charge is 0.335 e. The summed E-state index contributed by atoms with van der Waals surface area (Å²) in [4.78, 5) is 24.5. The number of rotatable bonds is 3. The molecule has 0 spiro atoms. The number of halogens is 1. The predicted octanol–water partition coefficient (Wildman–Crippen LogP) is 2.80. The van der Waals surface area contributed by atoms with Gasteiger partial charge in [-0.25, -0.2) is 9.18 Å². The van der Waals surface area contributed by atoms with E-state index in [-0.39, 0.29) is 22.9 Å². The Balaban J connectivity index is 2.28. The number of carboxylic acids is 1. The van der Waals surface area contributed by atoms with Gasteiger partial charge in [-0.15, -0.1) is 0 Å². The Morgan fingerprint density at radius 3 is 2.25 bits per heavy atom. The van der Waals surface area contributed by atoms with Gasteiger partial charge < -0.3 is 10.0 Å². The number of hydrogen-bond donors (Lipinski definition) is 1. The van der Waals surface area contributed by atoms with Gasteiger partial charge >= 0.3 is 5.97 Å². The van der Waals surface area contributed by atoms with E-state index >= 15 is 0 Å². The van der Waals surface area contributed by atoms with Crippen LogP contribution in [0.1, 0.15) is 20.7 Å². The van der Waals surface area contributed by atoms with E-state index in [9.17, 15) is 14.0 Å². The Kier molecular flexibility index (Phi) is 3.79. The second kappa shape index (κ2) is 5.52. The summed E-state index contributed by atoms with van der Waals surface area (Å²) in [6, 6.07) is 11.2. The molecule has 0 aliphatic rings. The summed E-state index contributed by atoms with van der Waals surface area (Å²) in [5, 5.41) is 8.91. The van der Waals surface area contributed by atoms with Crippen molar-refractivity contribution < 1.29 is 19.1 Å². The van der Waals surface area contributed by atoms with Gasteiger partial charge in [0.15, 0.2) is 0 Å². The Morgan fingerprint density at radius 2 is 1.65 bits per heavy atom. The number of hydrogen-bond acceptors (Lipinski definition) is 2. The van der Waals surface area contributed by atoms with Gasteiger partial charge in [0, 0.05) is 18.3 Å². The molecule has 2 rings (SSSR count). The molecule has 1 amide bonds. The molecular weight excluding hydrogens is 261 g/mol. The Labute approximate surface area is 115 Å². The molecule has 0 aliphatic carbocycles. The quantitative estimate of drug-likeness (QED) is 0.935. The molecule has 0 fully saturated rings. The molecule has 2 aromatic rings. The predicted molar refractivity (Wildman–Crippen MR) is 72.5 cm³/mol. The Morgan fingerprint density at radius 1 is 1.05 bits per heavy atom. The van der Waals surface area contributed by atoms with E-state index in [0.717, 1.165) is 0 Å². The molecule has 0 saturated carbocycles. The SMILES string of the molecule is CN(C(=O)c1cccc(C(=O)O)c1)c1ccc(F)cc1. The van der Waals surface area contributed by atoms with E-state index in [1.54, 1.807) is 7.05 Å². The van der Waals surface area contributed by atoms with Gasteiger partial charge in [-0.2, -0.15) is 0 Å². The number of benzene rings is 2. The molecule has 0 bridgehead atoms. The van der Waals surface area contributed by atoms with E-state index < -0.39 is 5.97 Å². The highest BCUT2D eigenvalue weighted by Crippen LogP contribution is 2.16. The van der Waals surface area contributed by atoms with Gasteiger partial charge in [0.05, 0.1) is 5.56 Å². The number of carbonyl (C=O) groups excluding carboxylic acids is 1. The van der Waals surface area contributed by atoms with Crippen molar-refractivity contribution in [2.24, 2.45) is 0 Å². The summed E-state index contributed by atoms with van der Waals surface area (Å²) in [6.07, 6.45) is 0. The second-order valence-corrected chi connectivity index (χ2v) is 4.23. The van der Waals surface area contributed by atoms with Crippen LogP contribution in [0.15, 0.2) is 48.5 Å². The van der Waals surface area contributed by atoms with Crippen molar-refractivity contribution >= 4 is 17.6 Å². The number of anilines is 1. The van der Waals surface area contributed by atoms with Gasteiger partial charge in [-0.05, 0) is 42.5 Å². The zero-order valence-electron chi connectivity index (χ0n) is 10.7. The van der Waals surface area contributed by atoms with Crippen molar-refractivity contribution in [2.75, 3.05) is 11.9 Å². The number of carboxylic acid groups (broad SMARTS) is 1. The van der Waals surface area contributed by atoms with Crippen LogP contribution in [0.25, 0.3) is 0 Å². The van der Waals surface area contributed by atoms with Gasteiger partial charge in [0.1, 0.15) is 5.82 Å². The topological polar surface area (TPSA) is 57.6 Å². The summed E-state index contributed by atoms with van der Waals surface area (Å²) < 4.78 is 12.8. The van der Waals surface area contributed by atoms with Crippen LogP contribution in [0.2, 0.25) is 0 Å². The summed E-state index contributed by atoms with van der Waals surface area (Å²) in [6.45, 7) is 0. The maximum Gasteiger partial charge on any atom is 0.335 e. The third kappa shape index (κ3) is 2.83. The van der Waals surface area contributed by atoms with Gasteiger partial charge in [-0.1, -0.05) is 6.07 Å². The van der Waals surface area contributed by atoms with Crippen molar-refractivity contribution in [2.45, 2.75) is 0 Å². The Bertz CT molecular complexity index is 652. The lowest BCUT2D eigenvalue weighted by atomic mass is 10.1. The average molecular weight is 273 g/mol. The van der Waals surface area contributed by atoms with Gasteiger partial charge in [0.2, 0.25) is 0 Å². The minimum atomic E-state index is -1.09. The third-order valence-corrected chi connectivity index (χ3v) is 2.88. The molecule has 20 heavy (non-hydrogen) atoms. The molecule has 5 heteroatoms. The summed E-state index contributed by atoms with van der Waals surface area (Å²) in [7, 11) is 1.54. The highest BCUT2D eigenvalue weighted by molar-refractivity contribution is 6.06. The highest BCUT2D eigenvalue weighted by Gasteiger charge is 2.15. The van der Waals surface area contributed by atoms with Crippen LogP contribution in [0.5, 0.6) is 0 Å². The van der Waals surface area contributed by atoms with Crippen LogP contribution in [0.3, 0.4) is 0 Å². The van der Waals surface area contributed by atoms with Crippen LogP contribution in [0.4, 0.5) is 10.1 Å². The first kappa shape index (κ1) is 13.7. The third-order valence-electron chi connectivity index (χ3n) is 2.88. The largest absolute Gasteiger partial charge is 0.478 e. The molecule has 0 aromatic heterocycles. The van der Waals surface area contributed by atoms with Crippen molar-refractivity contribution in [3.8, 4) is 0 Å². The van der Waals surface area contributed by atoms with Gasteiger partial charge in [0.25, 0.3) is 5.91 Å². The van der Waals surface area contributed by atoms with Crippen LogP contribution >= 0.6 is 0 Å². The van der Waals surface area contributed by atoms with Crippen molar-refractivity contribution in [3.63, 3.8) is 0 Å². The number of nitrogens with zero attached hydrogens (tertiary/aromatic N) is 1. The lowest BCUT2D eigenvalue weighted by Gasteiger charge is -2.17. The molecule has 0 radical (unpaired) electrons. The molecule has 0 heterocycles. The average Bonchev–Trinajstić information content (AvgIpc) is 2.46. The van der Waals surface area contributed by atoms with Crippen molar-refractivity contribution in [3.05, 3.63) is 65.5 Å². The molecule has 4 nitrogen and oxygen atoms in total. The lowest BCUT2D eigenvalue weighted by molar-refractivity contribution is 0.0697.